The number of amides is 2. The fourth-order valence-electron chi connectivity index (χ4n) is 6.43. The Kier molecular flexibility index (Phi) is 8.22. The summed E-state index contributed by atoms with van der Waals surface area (Å²) in [6.45, 7) is 5.25. The van der Waals surface area contributed by atoms with E-state index in [4.69, 9.17) is 4.84 Å². The highest BCUT2D eigenvalue weighted by Crippen LogP contribution is 2.43. The van der Waals surface area contributed by atoms with E-state index >= 15 is 0 Å². The molecule has 9 nitrogen and oxygen atoms in total. The first-order valence-electron chi connectivity index (χ1n) is 14.0. The fraction of sp³-hybridized carbons (Fsp3) is 0.533. The van der Waals surface area contributed by atoms with Gasteiger partial charge in [-0.25, -0.2) is 13.2 Å². The summed E-state index contributed by atoms with van der Waals surface area (Å²) in [5.41, 5.74) is 1.91. The number of rotatable bonds is 7. The topological polar surface area (TPSA) is 90.5 Å². The summed E-state index contributed by atoms with van der Waals surface area (Å²) in [5, 5.41) is 1.80. The molecule has 3 aliphatic heterocycles. The number of carbonyl (C=O) groups excluding carboxylic acids is 2. The van der Waals surface area contributed by atoms with E-state index < -0.39 is 9.84 Å². The molecule has 0 radical (unpaired) electrons. The zero-order chi connectivity index (χ0) is 28.5. The van der Waals surface area contributed by atoms with Crippen LogP contribution in [0.3, 0.4) is 0 Å². The van der Waals surface area contributed by atoms with Crippen molar-refractivity contribution in [2.75, 3.05) is 59.6 Å². The molecule has 3 aliphatic rings. The van der Waals surface area contributed by atoms with Crippen molar-refractivity contribution in [3.8, 4) is 0 Å². The average molecular weight is 569 g/mol. The molecule has 10 heteroatoms. The molecular formula is C30H40N4O5S. The van der Waals surface area contributed by atoms with Crippen molar-refractivity contribution >= 4 is 21.8 Å². The number of likely N-dealkylation sites (tertiary alicyclic amines) is 2. The molecule has 5 rings (SSSR count). The number of carbonyl (C=O) groups is 2. The van der Waals surface area contributed by atoms with Gasteiger partial charge in [0.2, 0.25) is 5.91 Å². The summed E-state index contributed by atoms with van der Waals surface area (Å²) in [6.07, 6.45) is 3.40. The van der Waals surface area contributed by atoms with Crippen molar-refractivity contribution in [1.29, 1.82) is 0 Å². The first-order valence-corrected chi connectivity index (χ1v) is 15.9. The van der Waals surface area contributed by atoms with Crippen LogP contribution in [0.5, 0.6) is 0 Å². The Morgan fingerprint density at radius 2 is 1.62 bits per heavy atom. The molecule has 1 spiro atoms. The second kappa shape index (κ2) is 11.5. The molecule has 0 aromatic heterocycles. The molecule has 3 fully saturated rings. The minimum Gasteiger partial charge on any atom is -0.351 e. The van der Waals surface area contributed by atoms with Gasteiger partial charge in [0.1, 0.15) is 0 Å². The third-order valence-corrected chi connectivity index (χ3v) is 9.97. The molecule has 40 heavy (non-hydrogen) atoms. The van der Waals surface area contributed by atoms with Crippen LogP contribution in [0.2, 0.25) is 0 Å². The van der Waals surface area contributed by atoms with E-state index in [2.05, 4.69) is 29.2 Å². The highest BCUT2D eigenvalue weighted by molar-refractivity contribution is 7.90. The number of benzene rings is 2. The van der Waals surface area contributed by atoms with Crippen LogP contribution in [0, 0.1) is 11.3 Å². The fourth-order valence-corrected chi connectivity index (χ4v) is 7.06. The Morgan fingerprint density at radius 3 is 2.25 bits per heavy atom. The third-order valence-electron chi connectivity index (χ3n) is 8.84. The van der Waals surface area contributed by atoms with E-state index in [0.717, 1.165) is 51.0 Å². The molecule has 0 saturated carbocycles. The molecule has 3 saturated heterocycles. The van der Waals surface area contributed by atoms with Crippen molar-refractivity contribution < 1.29 is 22.8 Å². The van der Waals surface area contributed by atoms with E-state index in [0.29, 0.717) is 30.4 Å². The maximum absolute atomic E-state index is 13.6. The van der Waals surface area contributed by atoms with Gasteiger partial charge in [-0.15, -0.1) is 5.06 Å². The van der Waals surface area contributed by atoms with Gasteiger partial charge in [-0.2, -0.15) is 0 Å². The van der Waals surface area contributed by atoms with Gasteiger partial charge in [0.05, 0.1) is 10.3 Å². The van der Waals surface area contributed by atoms with Crippen molar-refractivity contribution in [2.24, 2.45) is 11.3 Å². The molecule has 2 aromatic rings. The lowest BCUT2D eigenvalue weighted by atomic mass is 9.76. The Balaban J connectivity index is 1.18. The Bertz CT molecular complexity index is 1310. The van der Waals surface area contributed by atoms with Gasteiger partial charge in [0, 0.05) is 59.0 Å². The maximum Gasteiger partial charge on any atom is 0.428 e. The van der Waals surface area contributed by atoms with Gasteiger partial charge in [0.25, 0.3) is 0 Å². The second-order valence-electron chi connectivity index (χ2n) is 11.8. The van der Waals surface area contributed by atoms with Crippen LogP contribution in [0.15, 0.2) is 59.5 Å². The first kappa shape index (κ1) is 28.6. The molecule has 0 aliphatic carbocycles. The summed E-state index contributed by atoms with van der Waals surface area (Å²) in [6, 6.07) is 17.3. The zero-order valence-corrected chi connectivity index (χ0v) is 24.5. The van der Waals surface area contributed by atoms with Gasteiger partial charge < -0.3 is 19.5 Å². The van der Waals surface area contributed by atoms with Crippen molar-refractivity contribution in [2.45, 2.75) is 36.6 Å². The van der Waals surface area contributed by atoms with Gasteiger partial charge in [-0.3, -0.25) is 4.79 Å². The zero-order valence-electron chi connectivity index (χ0n) is 23.7. The molecule has 3 heterocycles. The Labute approximate surface area is 237 Å². The Morgan fingerprint density at radius 1 is 0.975 bits per heavy atom. The van der Waals surface area contributed by atoms with Crippen LogP contribution < -0.4 is 0 Å². The van der Waals surface area contributed by atoms with Crippen LogP contribution in [0.25, 0.3) is 0 Å². The lowest BCUT2D eigenvalue weighted by molar-refractivity contribution is -0.139. The summed E-state index contributed by atoms with van der Waals surface area (Å²) in [5.74, 6) is 0.811. The lowest BCUT2D eigenvalue weighted by Crippen LogP contribution is -2.46. The average Bonchev–Trinajstić information content (AvgIpc) is 3.46. The molecule has 2 atom stereocenters. The number of hydrogen-bond acceptors (Lipinski definition) is 7. The van der Waals surface area contributed by atoms with E-state index in [9.17, 15) is 18.0 Å². The number of hydrogen-bond donors (Lipinski definition) is 0. The van der Waals surface area contributed by atoms with Gasteiger partial charge in [0.15, 0.2) is 9.84 Å². The second-order valence-corrected chi connectivity index (χ2v) is 13.9. The van der Waals surface area contributed by atoms with E-state index in [1.54, 1.807) is 43.4 Å². The molecule has 216 valence electrons. The van der Waals surface area contributed by atoms with Crippen LogP contribution >= 0.6 is 0 Å². The lowest BCUT2D eigenvalue weighted by Gasteiger charge is -2.39. The minimum absolute atomic E-state index is 0.226. The summed E-state index contributed by atoms with van der Waals surface area (Å²) in [7, 11) is 0.140. The van der Waals surface area contributed by atoms with E-state index in [-0.39, 0.29) is 23.3 Å². The molecule has 0 N–H and O–H groups in total. The summed E-state index contributed by atoms with van der Waals surface area (Å²) >= 11 is 0. The standard InChI is InChI=1S/C30H40N4O5S/c1-31(2)29(36)39-34-21-25(27(22-34)24-7-5-4-6-8-24)20-32-16-13-30(14-17-32)15-18-33(28(30)35)19-23-9-11-26(12-10-23)40(3,37)38/h4-12,25,27H,13-22H2,1-3H3/t25-,27+/m0/s1. The van der Waals surface area contributed by atoms with Gasteiger partial charge >= 0.3 is 6.09 Å². The summed E-state index contributed by atoms with van der Waals surface area (Å²) < 4.78 is 23.5. The Hall–Kier alpha value is -2.95. The first-order chi connectivity index (χ1) is 19.0. The largest absolute Gasteiger partial charge is 0.428 e. The highest BCUT2D eigenvalue weighted by Gasteiger charge is 2.48. The van der Waals surface area contributed by atoms with E-state index in [1.165, 1.54) is 16.7 Å². The normalized spacial score (nSPS) is 23.6. The highest BCUT2D eigenvalue weighted by atomic mass is 32.2. The molecule has 2 aromatic carbocycles. The number of piperidine rings is 1. The monoisotopic (exact) mass is 568 g/mol. The number of hydroxylamine groups is 2. The third kappa shape index (κ3) is 6.19. The van der Waals surface area contributed by atoms with Gasteiger partial charge in [-0.1, -0.05) is 42.5 Å². The smallest absolute Gasteiger partial charge is 0.351 e. The maximum atomic E-state index is 13.6. The van der Waals surface area contributed by atoms with Crippen LogP contribution in [-0.2, 0) is 26.0 Å². The van der Waals surface area contributed by atoms with Crippen molar-refractivity contribution in [1.82, 2.24) is 19.8 Å². The molecule has 2 amide bonds. The number of sulfone groups is 1. The number of nitrogens with zero attached hydrogens (tertiary/aromatic N) is 4. The molecule has 0 unspecified atom stereocenters. The SMILES string of the molecule is CN(C)C(=O)ON1C[C@H](CN2CCC3(CC2)CCN(Cc2ccc(S(C)(=O)=O)cc2)C3=O)[C@@H](c2ccccc2)C1. The molecule has 0 bridgehead atoms. The predicted molar refractivity (Wildman–Crippen MR) is 152 cm³/mol. The van der Waals surface area contributed by atoms with Crippen LogP contribution in [0.4, 0.5) is 4.79 Å². The summed E-state index contributed by atoms with van der Waals surface area (Å²) in [4.78, 5) is 37.5. The van der Waals surface area contributed by atoms with Crippen molar-refractivity contribution in [3.63, 3.8) is 0 Å². The van der Waals surface area contributed by atoms with E-state index in [1.807, 2.05) is 11.0 Å². The van der Waals surface area contributed by atoms with Crippen LogP contribution in [-0.4, -0.2) is 99.8 Å². The quantitative estimate of drug-likeness (QED) is 0.507. The van der Waals surface area contributed by atoms with Gasteiger partial charge in [-0.05, 0) is 61.5 Å². The predicted octanol–water partition coefficient (Wildman–Crippen LogP) is 3.23. The van der Waals surface area contributed by atoms with Crippen LogP contribution in [0.1, 0.15) is 36.3 Å². The minimum atomic E-state index is -3.24. The molecular weight excluding hydrogens is 528 g/mol. The van der Waals surface area contributed by atoms with Crippen molar-refractivity contribution in [3.05, 3.63) is 65.7 Å².